The summed E-state index contributed by atoms with van der Waals surface area (Å²) < 4.78 is 0. The Morgan fingerprint density at radius 2 is 1.16 bits per heavy atom. The van der Waals surface area contributed by atoms with E-state index < -0.39 is 5.92 Å². The summed E-state index contributed by atoms with van der Waals surface area (Å²) in [5.74, 6) is -0.867. The van der Waals surface area contributed by atoms with E-state index in [-0.39, 0.29) is 11.8 Å². The van der Waals surface area contributed by atoms with Crippen molar-refractivity contribution in [2.75, 3.05) is 10.0 Å². The summed E-state index contributed by atoms with van der Waals surface area (Å²) in [5.41, 5.74) is 3.68. The molecule has 0 bridgehead atoms. The maximum Gasteiger partial charge on any atom is 0.258 e. The summed E-state index contributed by atoms with van der Waals surface area (Å²) in [4.78, 5) is 26.0. The van der Waals surface area contributed by atoms with Gasteiger partial charge in [-0.05, 0) is 44.5 Å². The van der Waals surface area contributed by atoms with E-state index in [1.165, 1.54) is 10.0 Å². The zero-order valence-corrected chi connectivity index (χ0v) is 15.0. The minimum absolute atomic E-state index is 0.136. The highest BCUT2D eigenvalue weighted by Gasteiger charge is 2.46. The minimum Gasteiger partial charge on any atom is -0.272 e. The normalized spacial score (nSPS) is 15.3. The Morgan fingerprint density at radius 3 is 1.52 bits per heavy atom. The van der Waals surface area contributed by atoms with Gasteiger partial charge in [0.2, 0.25) is 0 Å². The van der Waals surface area contributed by atoms with Gasteiger partial charge in [-0.2, -0.15) is 0 Å². The van der Waals surface area contributed by atoms with Crippen LogP contribution in [0.5, 0.6) is 0 Å². The molecule has 0 aromatic heterocycles. The van der Waals surface area contributed by atoms with Crippen molar-refractivity contribution < 1.29 is 9.59 Å². The van der Waals surface area contributed by atoms with Crippen LogP contribution in [0, 0.1) is 19.8 Å². The van der Waals surface area contributed by atoms with Gasteiger partial charge in [-0.25, -0.2) is 10.0 Å². The number of amides is 2. The number of rotatable bonds is 5. The van der Waals surface area contributed by atoms with Gasteiger partial charge >= 0.3 is 0 Å². The van der Waals surface area contributed by atoms with Crippen molar-refractivity contribution in [1.29, 1.82) is 0 Å². The molecule has 0 saturated carbocycles. The van der Waals surface area contributed by atoms with Crippen LogP contribution in [0.15, 0.2) is 48.5 Å². The molecule has 1 aliphatic rings. The summed E-state index contributed by atoms with van der Waals surface area (Å²) in [6.45, 7) is 6.07. The Hall–Kier alpha value is -2.62. The van der Waals surface area contributed by atoms with Crippen LogP contribution < -0.4 is 10.0 Å². The maximum atomic E-state index is 13.0. The van der Waals surface area contributed by atoms with Gasteiger partial charge < -0.3 is 0 Å². The average Bonchev–Trinajstić information content (AvgIpc) is 2.85. The molecule has 4 heteroatoms. The molecule has 1 fully saturated rings. The van der Waals surface area contributed by atoms with Crippen molar-refractivity contribution in [3.8, 4) is 0 Å². The predicted octanol–water partition coefficient (Wildman–Crippen LogP) is 4.40. The molecule has 0 atom stereocenters. The lowest BCUT2D eigenvalue weighted by atomic mass is 10.0. The number of carbonyl (C=O) groups excluding carboxylic acids is 2. The Morgan fingerprint density at radius 1 is 0.760 bits per heavy atom. The van der Waals surface area contributed by atoms with E-state index in [0.29, 0.717) is 6.42 Å². The van der Waals surface area contributed by atoms with Crippen LogP contribution in [-0.2, 0) is 9.59 Å². The third-order valence-corrected chi connectivity index (χ3v) is 4.62. The molecule has 25 heavy (non-hydrogen) atoms. The van der Waals surface area contributed by atoms with E-state index in [0.717, 1.165) is 35.3 Å². The molecule has 0 N–H and O–H groups in total. The minimum atomic E-state index is -0.595. The second-order valence-electron chi connectivity index (χ2n) is 6.67. The monoisotopic (exact) mass is 336 g/mol. The fourth-order valence-electron chi connectivity index (χ4n) is 3.11. The molecule has 2 aromatic rings. The van der Waals surface area contributed by atoms with Crippen LogP contribution in [-0.4, -0.2) is 11.8 Å². The molecule has 1 saturated heterocycles. The lowest BCUT2D eigenvalue weighted by molar-refractivity contribution is -0.127. The van der Waals surface area contributed by atoms with Gasteiger partial charge in [0.1, 0.15) is 5.92 Å². The Bertz CT molecular complexity index is 702. The SMILES string of the molecule is CCCCC1C(=O)N(c2ccc(C)cc2)N(c2ccc(C)cc2)C1=O. The number of nitrogens with zero attached hydrogens (tertiary/aromatic N) is 2. The molecular formula is C21H24N2O2. The molecule has 0 radical (unpaired) electrons. The van der Waals surface area contributed by atoms with Gasteiger partial charge in [-0.3, -0.25) is 9.59 Å². The maximum absolute atomic E-state index is 13.0. The first kappa shape index (κ1) is 17.2. The molecule has 0 aliphatic carbocycles. The first-order valence-electron chi connectivity index (χ1n) is 8.84. The lowest BCUT2D eigenvalue weighted by Gasteiger charge is -2.28. The van der Waals surface area contributed by atoms with Crippen LogP contribution in [0.1, 0.15) is 37.3 Å². The van der Waals surface area contributed by atoms with Crippen LogP contribution >= 0.6 is 0 Å². The van der Waals surface area contributed by atoms with E-state index in [1.54, 1.807) is 0 Å². The highest BCUT2D eigenvalue weighted by atomic mass is 16.2. The van der Waals surface area contributed by atoms with E-state index in [2.05, 4.69) is 6.92 Å². The highest BCUT2D eigenvalue weighted by molar-refractivity contribution is 6.23. The summed E-state index contributed by atoms with van der Waals surface area (Å²) in [6.07, 6.45) is 2.43. The summed E-state index contributed by atoms with van der Waals surface area (Å²) >= 11 is 0. The quantitative estimate of drug-likeness (QED) is 0.759. The van der Waals surface area contributed by atoms with E-state index in [9.17, 15) is 9.59 Å². The molecule has 3 rings (SSSR count). The number of unbranched alkanes of at least 4 members (excludes halogenated alkanes) is 1. The first-order valence-corrected chi connectivity index (χ1v) is 8.84. The second kappa shape index (κ2) is 7.09. The van der Waals surface area contributed by atoms with Gasteiger partial charge in [-0.15, -0.1) is 0 Å². The van der Waals surface area contributed by atoms with Gasteiger partial charge in [0.25, 0.3) is 11.8 Å². The highest BCUT2D eigenvalue weighted by Crippen LogP contribution is 2.34. The van der Waals surface area contributed by atoms with Crippen LogP contribution in [0.2, 0.25) is 0 Å². The average molecular weight is 336 g/mol. The van der Waals surface area contributed by atoms with Crippen LogP contribution in [0.3, 0.4) is 0 Å². The largest absolute Gasteiger partial charge is 0.272 e. The van der Waals surface area contributed by atoms with E-state index in [1.807, 2.05) is 62.4 Å². The number of carbonyl (C=O) groups is 2. The number of aryl methyl sites for hydroxylation is 2. The van der Waals surface area contributed by atoms with Gasteiger partial charge in [0.05, 0.1) is 11.4 Å². The van der Waals surface area contributed by atoms with E-state index >= 15 is 0 Å². The third-order valence-electron chi connectivity index (χ3n) is 4.62. The number of anilines is 2. The fourth-order valence-corrected chi connectivity index (χ4v) is 3.11. The zero-order valence-electron chi connectivity index (χ0n) is 15.0. The van der Waals surface area contributed by atoms with Gasteiger partial charge in [-0.1, -0.05) is 55.2 Å². The summed E-state index contributed by atoms with van der Waals surface area (Å²) in [6, 6.07) is 15.4. The standard InChI is InChI=1S/C21H24N2O2/c1-4-5-6-19-20(24)22(17-11-7-15(2)8-12-17)23(21(19)25)18-13-9-16(3)10-14-18/h7-14,19H,4-6H2,1-3H3. The molecule has 4 nitrogen and oxygen atoms in total. The molecule has 0 spiro atoms. The van der Waals surface area contributed by atoms with Crippen molar-refractivity contribution in [1.82, 2.24) is 0 Å². The summed E-state index contributed by atoms with van der Waals surface area (Å²) in [7, 11) is 0. The molecule has 2 amide bonds. The Kier molecular flexibility index (Phi) is 4.88. The van der Waals surface area contributed by atoms with Crippen molar-refractivity contribution in [2.24, 2.45) is 5.92 Å². The van der Waals surface area contributed by atoms with Crippen molar-refractivity contribution in [2.45, 2.75) is 40.0 Å². The fraction of sp³-hybridized carbons (Fsp3) is 0.333. The molecule has 2 aromatic carbocycles. The van der Waals surface area contributed by atoms with Crippen molar-refractivity contribution in [3.05, 3.63) is 59.7 Å². The van der Waals surface area contributed by atoms with Crippen LogP contribution in [0.4, 0.5) is 11.4 Å². The van der Waals surface area contributed by atoms with Crippen molar-refractivity contribution >= 4 is 23.2 Å². The smallest absolute Gasteiger partial charge is 0.258 e. The topological polar surface area (TPSA) is 40.6 Å². The zero-order chi connectivity index (χ0) is 18.0. The van der Waals surface area contributed by atoms with Gasteiger partial charge in [0, 0.05) is 0 Å². The number of hydrazine groups is 1. The molecule has 1 heterocycles. The number of hydrogen-bond acceptors (Lipinski definition) is 2. The number of benzene rings is 2. The van der Waals surface area contributed by atoms with Crippen molar-refractivity contribution in [3.63, 3.8) is 0 Å². The third kappa shape index (κ3) is 3.29. The molecular weight excluding hydrogens is 312 g/mol. The van der Waals surface area contributed by atoms with Gasteiger partial charge in [0.15, 0.2) is 0 Å². The second-order valence-corrected chi connectivity index (χ2v) is 6.67. The first-order chi connectivity index (χ1) is 12.0. The molecule has 130 valence electrons. The Balaban J connectivity index is 2.03. The Labute approximate surface area is 149 Å². The van der Waals surface area contributed by atoms with E-state index in [4.69, 9.17) is 0 Å². The van der Waals surface area contributed by atoms with Crippen LogP contribution in [0.25, 0.3) is 0 Å². The predicted molar refractivity (Wildman–Crippen MR) is 100 cm³/mol. The molecule has 0 unspecified atom stereocenters. The number of hydrogen-bond donors (Lipinski definition) is 0. The lowest BCUT2D eigenvalue weighted by Crippen LogP contribution is -2.41. The summed E-state index contributed by atoms with van der Waals surface area (Å²) in [5, 5.41) is 3.07. The molecule has 1 aliphatic heterocycles.